The average Bonchev–Trinajstić information content (AvgIpc) is 3.21. The number of hydrogen-bond acceptors (Lipinski definition) is 6. The highest BCUT2D eigenvalue weighted by atomic mass is 32.2. The molecule has 1 aromatic carbocycles. The number of nitrogens with zero attached hydrogens (tertiary/aromatic N) is 4. The standard InChI is InChI=1S/C24H28N4O3S/c1-16-12-19(20(29)15-32-24-26-25-23-10-4-3-7-11-27(23)24)17(2)28(16)13-18-14-30-21-8-5-6-9-22(21)31-18/h5-6,8-9,12,18H,3-4,7,10-11,13-15H2,1-2H3/t18-/m0/s1. The van der Waals surface area contributed by atoms with Crippen molar-refractivity contribution in [2.75, 3.05) is 12.4 Å². The summed E-state index contributed by atoms with van der Waals surface area (Å²) in [7, 11) is 0. The number of rotatable bonds is 6. The molecular weight excluding hydrogens is 424 g/mol. The zero-order chi connectivity index (χ0) is 22.1. The number of ketones is 1. The number of aromatic nitrogens is 4. The van der Waals surface area contributed by atoms with Crippen LogP contribution >= 0.6 is 11.8 Å². The van der Waals surface area contributed by atoms with Crippen molar-refractivity contribution in [1.82, 2.24) is 19.3 Å². The third-order valence-electron chi connectivity index (χ3n) is 6.24. The van der Waals surface area contributed by atoms with Gasteiger partial charge in [0.2, 0.25) is 0 Å². The lowest BCUT2D eigenvalue weighted by Gasteiger charge is -2.27. The predicted octanol–water partition coefficient (Wildman–Crippen LogP) is 4.24. The molecule has 0 radical (unpaired) electrons. The fourth-order valence-electron chi connectivity index (χ4n) is 4.49. The molecule has 4 heterocycles. The quantitative estimate of drug-likeness (QED) is 0.412. The number of Topliss-reactive ketones (excluding diaryl/α,β-unsaturated/α-hetero) is 1. The molecule has 7 nitrogen and oxygen atoms in total. The van der Waals surface area contributed by atoms with Crippen LogP contribution in [0, 0.1) is 13.8 Å². The lowest BCUT2D eigenvalue weighted by atomic mass is 10.2. The van der Waals surface area contributed by atoms with Gasteiger partial charge in [-0.1, -0.05) is 30.3 Å². The van der Waals surface area contributed by atoms with E-state index in [2.05, 4.69) is 19.3 Å². The molecule has 0 saturated heterocycles. The summed E-state index contributed by atoms with van der Waals surface area (Å²) in [5.41, 5.74) is 2.79. The van der Waals surface area contributed by atoms with Crippen LogP contribution in [0.3, 0.4) is 0 Å². The zero-order valence-corrected chi connectivity index (χ0v) is 19.4. The number of carbonyl (C=O) groups is 1. The topological polar surface area (TPSA) is 71.2 Å². The molecule has 0 N–H and O–H groups in total. The minimum Gasteiger partial charge on any atom is -0.486 e. The number of aryl methyl sites for hydroxylation is 2. The van der Waals surface area contributed by atoms with E-state index < -0.39 is 0 Å². The van der Waals surface area contributed by atoms with Gasteiger partial charge in [0.05, 0.1) is 12.3 Å². The Morgan fingerprint density at radius 2 is 2.00 bits per heavy atom. The van der Waals surface area contributed by atoms with Crippen LogP contribution in [0.15, 0.2) is 35.5 Å². The third-order valence-corrected chi connectivity index (χ3v) is 7.20. The minimum absolute atomic E-state index is 0.0986. The zero-order valence-electron chi connectivity index (χ0n) is 18.5. The van der Waals surface area contributed by atoms with E-state index in [-0.39, 0.29) is 11.9 Å². The van der Waals surface area contributed by atoms with Gasteiger partial charge in [0.25, 0.3) is 0 Å². The first-order valence-electron chi connectivity index (χ1n) is 11.2. The number of para-hydroxylation sites is 2. The summed E-state index contributed by atoms with van der Waals surface area (Å²) in [4.78, 5) is 13.1. The lowest BCUT2D eigenvalue weighted by Crippen LogP contribution is -2.33. The molecule has 0 spiro atoms. The molecule has 0 aliphatic carbocycles. The SMILES string of the molecule is Cc1cc(C(=O)CSc2nnc3n2CCCCC3)c(C)n1C[C@H]1COc2ccccc2O1. The van der Waals surface area contributed by atoms with E-state index in [1.54, 1.807) is 0 Å². The number of carbonyl (C=O) groups excluding carboxylic acids is 1. The Balaban J connectivity index is 1.26. The first-order valence-corrected chi connectivity index (χ1v) is 12.2. The fraction of sp³-hybridized carbons (Fsp3) is 0.458. The molecule has 2 aliphatic rings. The Hall–Kier alpha value is -2.74. The summed E-state index contributed by atoms with van der Waals surface area (Å²) in [5, 5.41) is 9.53. The molecule has 8 heteroatoms. The van der Waals surface area contributed by atoms with E-state index in [0.29, 0.717) is 18.9 Å². The number of hydrogen-bond donors (Lipinski definition) is 0. The Kier molecular flexibility index (Phi) is 5.95. The van der Waals surface area contributed by atoms with Crippen LogP contribution in [0.4, 0.5) is 0 Å². The molecule has 2 aromatic heterocycles. The monoisotopic (exact) mass is 452 g/mol. The van der Waals surface area contributed by atoms with Crippen molar-refractivity contribution in [2.45, 2.75) is 63.9 Å². The van der Waals surface area contributed by atoms with E-state index in [1.807, 2.05) is 44.2 Å². The van der Waals surface area contributed by atoms with Crippen LogP contribution in [-0.4, -0.2) is 43.6 Å². The second kappa shape index (κ2) is 9.02. The van der Waals surface area contributed by atoms with Crippen molar-refractivity contribution in [3.05, 3.63) is 53.1 Å². The summed E-state index contributed by atoms with van der Waals surface area (Å²) < 4.78 is 16.3. The second-order valence-corrected chi connectivity index (χ2v) is 9.41. The van der Waals surface area contributed by atoms with Crippen LogP contribution in [-0.2, 0) is 19.5 Å². The Labute approximate surface area is 192 Å². The van der Waals surface area contributed by atoms with E-state index >= 15 is 0 Å². The van der Waals surface area contributed by atoms with Crippen molar-refractivity contribution in [3.63, 3.8) is 0 Å². The molecule has 1 atom stereocenters. The molecule has 3 aromatic rings. The Bertz CT molecular complexity index is 1140. The van der Waals surface area contributed by atoms with Crippen LogP contribution < -0.4 is 9.47 Å². The molecule has 32 heavy (non-hydrogen) atoms. The van der Waals surface area contributed by atoms with Crippen LogP contribution in [0.1, 0.15) is 46.8 Å². The molecule has 168 valence electrons. The molecular formula is C24H28N4O3S. The van der Waals surface area contributed by atoms with Crippen molar-refractivity contribution in [1.29, 1.82) is 0 Å². The average molecular weight is 453 g/mol. The minimum atomic E-state index is -0.0986. The van der Waals surface area contributed by atoms with Gasteiger partial charge in [0.15, 0.2) is 28.5 Å². The highest BCUT2D eigenvalue weighted by molar-refractivity contribution is 7.99. The van der Waals surface area contributed by atoms with Gasteiger partial charge in [-0.3, -0.25) is 4.79 Å². The van der Waals surface area contributed by atoms with Gasteiger partial charge in [-0.15, -0.1) is 10.2 Å². The first-order chi connectivity index (χ1) is 15.6. The van der Waals surface area contributed by atoms with E-state index in [9.17, 15) is 4.79 Å². The van der Waals surface area contributed by atoms with Gasteiger partial charge >= 0.3 is 0 Å². The molecule has 0 saturated carbocycles. The van der Waals surface area contributed by atoms with Gasteiger partial charge < -0.3 is 18.6 Å². The molecule has 0 unspecified atom stereocenters. The summed E-state index contributed by atoms with van der Waals surface area (Å²) in [6.45, 7) is 6.12. The molecule has 0 bridgehead atoms. The smallest absolute Gasteiger partial charge is 0.191 e. The Morgan fingerprint density at radius 3 is 2.88 bits per heavy atom. The van der Waals surface area contributed by atoms with Crippen LogP contribution in [0.5, 0.6) is 11.5 Å². The van der Waals surface area contributed by atoms with Gasteiger partial charge in [-0.25, -0.2) is 0 Å². The van der Waals surface area contributed by atoms with Gasteiger partial charge in [-0.2, -0.15) is 0 Å². The largest absolute Gasteiger partial charge is 0.486 e. The highest BCUT2D eigenvalue weighted by Crippen LogP contribution is 2.32. The number of fused-ring (bicyclic) bond motifs is 2. The summed E-state index contributed by atoms with van der Waals surface area (Å²) in [5.74, 6) is 3.08. The first kappa shape index (κ1) is 21.1. The maximum Gasteiger partial charge on any atom is 0.191 e. The van der Waals surface area contributed by atoms with Crippen molar-refractivity contribution < 1.29 is 14.3 Å². The van der Waals surface area contributed by atoms with Crippen molar-refractivity contribution >= 4 is 17.5 Å². The number of ether oxygens (including phenoxy) is 2. The van der Waals surface area contributed by atoms with Gasteiger partial charge in [-0.05, 0) is 44.9 Å². The molecule has 0 fully saturated rings. The molecule has 0 amide bonds. The summed E-state index contributed by atoms with van der Waals surface area (Å²) >= 11 is 1.49. The predicted molar refractivity (Wildman–Crippen MR) is 123 cm³/mol. The van der Waals surface area contributed by atoms with Gasteiger partial charge in [0, 0.05) is 29.9 Å². The number of benzene rings is 1. The normalized spacial score (nSPS) is 17.6. The van der Waals surface area contributed by atoms with E-state index in [1.165, 1.54) is 18.2 Å². The van der Waals surface area contributed by atoms with Gasteiger partial charge in [0.1, 0.15) is 12.4 Å². The maximum absolute atomic E-state index is 13.1. The van der Waals surface area contributed by atoms with Crippen LogP contribution in [0.2, 0.25) is 0 Å². The number of thioether (sulfide) groups is 1. The van der Waals surface area contributed by atoms with E-state index in [4.69, 9.17) is 9.47 Å². The highest BCUT2D eigenvalue weighted by Gasteiger charge is 2.24. The Morgan fingerprint density at radius 1 is 1.16 bits per heavy atom. The fourth-order valence-corrected chi connectivity index (χ4v) is 5.36. The van der Waals surface area contributed by atoms with E-state index in [0.717, 1.165) is 65.2 Å². The maximum atomic E-state index is 13.1. The molecule has 2 aliphatic heterocycles. The lowest BCUT2D eigenvalue weighted by molar-refractivity contribution is 0.0777. The van der Waals surface area contributed by atoms with Crippen LogP contribution in [0.25, 0.3) is 0 Å². The molecule has 5 rings (SSSR count). The summed E-state index contributed by atoms with van der Waals surface area (Å²) in [6.07, 6.45) is 4.40. The summed E-state index contributed by atoms with van der Waals surface area (Å²) in [6, 6.07) is 9.71. The van der Waals surface area contributed by atoms with Crippen molar-refractivity contribution in [3.8, 4) is 11.5 Å². The second-order valence-electron chi connectivity index (χ2n) is 8.47. The van der Waals surface area contributed by atoms with Crippen molar-refractivity contribution in [2.24, 2.45) is 0 Å². The third kappa shape index (κ3) is 4.16.